The van der Waals surface area contributed by atoms with Crippen LogP contribution in [0.5, 0.6) is 0 Å². The lowest BCUT2D eigenvalue weighted by Gasteiger charge is -2.30. The quantitative estimate of drug-likeness (QED) is 0.661. The van der Waals surface area contributed by atoms with E-state index in [-0.39, 0.29) is 5.97 Å². The minimum absolute atomic E-state index is 0.294. The molecule has 0 bridgehead atoms. The summed E-state index contributed by atoms with van der Waals surface area (Å²) in [7, 11) is 0. The Bertz CT molecular complexity index is 535. The highest BCUT2D eigenvalue weighted by Crippen LogP contribution is 2.49. The van der Waals surface area contributed by atoms with E-state index in [1.807, 2.05) is 24.3 Å². The number of hydrogen-bond donors (Lipinski definition) is 1. The predicted molar refractivity (Wildman–Crippen MR) is 73.6 cm³/mol. The van der Waals surface area contributed by atoms with Gasteiger partial charge in [-0.1, -0.05) is 24.3 Å². The molecule has 1 aliphatic carbocycles. The second-order valence-electron chi connectivity index (χ2n) is 5.17. The van der Waals surface area contributed by atoms with E-state index in [4.69, 9.17) is 10.00 Å². The summed E-state index contributed by atoms with van der Waals surface area (Å²) in [5.74, 6) is -0.360. The number of rotatable bonds is 5. The lowest BCUT2D eigenvalue weighted by atomic mass is 9.78. The zero-order valence-corrected chi connectivity index (χ0v) is 11.6. The van der Waals surface area contributed by atoms with Crippen molar-refractivity contribution in [1.29, 1.82) is 5.26 Å². The summed E-state index contributed by atoms with van der Waals surface area (Å²) in [6.07, 6.45) is 1.06. The Morgan fingerprint density at radius 3 is 2.95 bits per heavy atom. The number of unbranched alkanes of at least 4 members (excludes halogenated alkanes) is 1. The van der Waals surface area contributed by atoms with Crippen LogP contribution in [-0.2, 0) is 16.0 Å². The van der Waals surface area contributed by atoms with E-state index in [2.05, 4.69) is 6.07 Å². The molecule has 2 unspecified atom stereocenters. The molecular formula is C16H19NO3. The van der Waals surface area contributed by atoms with Crippen LogP contribution in [0.15, 0.2) is 24.3 Å². The third kappa shape index (κ3) is 2.41. The number of ether oxygens (including phenoxy) is 1. The summed E-state index contributed by atoms with van der Waals surface area (Å²) < 4.78 is 5.18. The Balaban J connectivity index is 2.30. The highest BCUT2D eigenvalue weighted by molar-refractivity contribution is 5.80. The molecule has 0 amide bonds. The first-order chi connectivity index (χ1) is 9.65. The molecule has 2 atom stereocenters. The van der Waals surface area contributed by atoms with Crippen LogP contribution in [0.25, 0.3) is 0 Å². The van der Waals surface area contributed by atoms with E-state index in [1.165, 1.54) is 0 Å². The monoisotopic (exact) mass is 273 g/mol. The number of nitriles is 1. The lowest BCUT2D eigenvalue weighted by Crippen LogP contribution is -2.37. The predicted octanol–water partition coefficient (Wildman–Crippen LogP) is 2.52. The standard InChI is InChI=1S/C16H19NO3/c1-2-20-15(19)16(9-5-6-10-17)11-12-7-3-4-8-13(12)14(16)18/h3-4,7-8,14,18H,2,5-6,9,11H2,1H3. The van der Waals surface area contributed by atoms with Crippen LogP contribution >= 0.6 is 0 Å². The molecule has 0 spiro atoms. The molecule has 0 saturated heterocycles. The fourth-order valence-corrected chi connectivity index (χ4v) is 2.96. The zero-order valence-electron chi connectivity index (χ0n) is 11.6. The highest BCUT2D eigenvalue weighted by atomic mass is 16.5. The fourth-order valence-electron chi connectivity index (χ4n) is 2.96. The van der Waals surface area contributed by atoms with E-state index in [0.29, 0.717) is 32.3 Å². The van der Waals surface area contributed by atoms with Crippen molar-refractivity contribution in [3.8, 4) is 6.07 Å². The molecule has 20 heavy (non-hydrogen) atoms. The van der Waals surface area contributed by atoms with Crippen LogP contribution in [0.1, 0.15) is 43.4 Å². The normalized spacial score (nSPS) is 23.9. The summed E-state index contributed by atoms with van der Waals surface area (Å²) in [4.78, 5) is 12.4. The SMILES string of the molecule is CCOC(=O)C1(CCCC#N)Cc2ccccc2C1O. The van der Waals surface area contributed by atoms with Gasteiger partial charge in [-0.05, 0) is 37.3 Å². The maximum absolute atomic E-state index is 12.4. The van der Waals surface area contributed by atoms with Gasteiger partial charge in [-0.3, -0.25) is 4.79 Å². The molecule has 1 aromatic rings. The largest absolute Gasteiger partial charge is 0.465 e. The fraction of sp³-hybridized carbons (Fsp3) is 0.500. The molecule has 1 aromatic carbocycles. The van der Waals surface area contributed by atoms with Crippen molar-refractivity contribution in [2.45, 2.75) is 38.7 Å². The average Bonchev–Trinajstić information content (AvgIpc) is 2.74. The minimum Gasteiger partial charge on any atom is -0.465 e. The van der Waals surface area contributed by atoms with Gasteiger partial charge in [0.1, 0.15) is 5.41 Å². The van der Waals surface area contributed by atoms with Crippen molar-refractivity contribution in [2.75, 3.05) is 6.61 Å². The summed E-state index contributed by atoms with van der Waals surface area (Å²) in [6, 6.07) is 9.63. The van der Waals surface area contributed by atoms with E-state index in [0.717, 1.165) is 11.1 Å². The molecule has 0 saturated carbocycles. The van der Waals surface area contributed by atoms with Crippen LogP contribution in [0.2, 0.25) is 0 Å². The molecule has 0 aliphatic heterocycles. The van der Waals surface area contributed by atoms with Crippen LogP contribution < -0.4 is 0 Å². The Labute approximate surface area is 119 Å². The average molecular weight is 273 g/mol. The van der Waals surface area contributed by atoms with Crippen molar-refractivity contribution in [3.05, 3.63) is 35.4 Å². The number of hydrogen-bond acceptors (Lipinski definition) is 4. The maximum atomic E-state index is 12.4. The molecule has 0 aromatic heterocycles. The van der Waals surface area contributed by atoms with Gasteiger partial charge in [0.25, 0.3) is 0 Å². The molecule has 1 N–H and O–H groups in total. The minimum atomic E-state index is -0.934. The van der Waals surface area contributed by atoms with Gasteiger partial charge in [0.2, 0.25) is 0 Å². The molecular weight excluding hydrogens is 254 g/mol. The van der Waals surface area contributed by atoms with Gasteiger partial charge in [-0.25, -0.2) is 0 Å². The first kappa shape index (κ1) is 14.5. The Kier molecular flexibility index (Phi) is 4.41. The molecule has 106 valence electrons. The molecule has 1 aliphatic rings. The van der Waals surface area contributed by atoms with Crippen molar-refractivity contribution < 1.29 is 14.6 Å². The van der Waals surface area contributed by atoms with Crippen molar-refractivity contribution in [3.63, 3.8) is 0 Å². The Hall–Kier alpha value is -1.86. The first-order valence-electron chi connectivity index (χ1n) is 6.95. The van der Waals surface area contributed by atoms with E-state index in [1.54, 1.807) is 6.92 Å². The third-order valence-electron chi connectivity index (χ3n) is 3.97. The second kappa shape index (κ2) is 6.06. The van der Waals surface area contributed by atoms with E-state index < -0.39 is 11.5 Å². The van der Waals surface area contributed by atoms with Gasteiger partial charge in [0, 0.05) is 6.42 Å². The molecule has 4 heteroatoms. The van der Waals surface area contributed by atoms with Gasteiger partial charge in [-0.2, -0.15) is 5.26 Å². The summed E-state index contributed by atoms with van der Waals surface area (Å²) >= 11 is 0. The molecule has 2 rings (SSSR count). The summed E-state index contributed by atoms with van der Waals surface area (Å²) in [5, 5.41) is 19.3. The van der Waals surface area contributed by atoms with Crippen molar-refractivity contribution >= 4 is 5.97 Å². The van der Waals surface area contributed by atoms with Crippen LogP contribution in [0.3, 0.4) is 0 Å². The summed E-state index contributed by atoms with van der Waals surface area (Å²) in [6.45, 7) is 2.05. The number of esters is 1. The highest BCUT2D eigenvalue weighted by Gasteiger charge is 2.51. The number of benzene rings is 1. The molecule has 0 radical (unpaired) electrons. The molecule has 0 heterocycles. The van der Waals surface area contributed by atoms with E-state index >= 15 is 0 Å². The second-order valence-corrected chi connectivity index (χ2v) is 5.17. The lowest BCUT2D eigenvalue weighted by molar-refractivity contribution is -0.163. The smallest absolute Gasteiger partial charge is 0.315 e. The number of fused-ring (bicyclic) bond motifs is 1. The zero-order chi connectivity index (χ0) is 14.6. The van der Waals surface area contributed by atoms with Gasteiger partial charge in [0.05, 0.1) is 18.8 Å². The summed E-state index contributed by atoms with van der Waals surface area (Å²) in [5.41, 5.74) is 0.860. The van der Waals surface area contributed by atoms with Gasteiger partial charge < -0.3 is 9.84 Å². The maximum Gasteiger partial charge on any atom is 0.315 e. The topological polar surface area (TPSA) is 70.3 Å². The number of aliphatic hydroxyl groups excluding tert-OH is 1. The van der Waals surface area contributed by atoms with Crippen LogP contribution in [-0.4, -0.2) is 17.7 Å². The van der Waals surface area contributed by atoms with Gasteiger partial charge in [-0.15, -0.1) is 0 Å². The first-order valence-corrected chi connectivity index (χ1v) is 6.95. The van der Waals surface area contributed by atoms with Gasteiger partial charge in [0.15, 0.2) is 0 Å². The number of carbonyl (C=O) groups is 1. The van der Waals surface area contributed by atoms with Crippen LogP contribution in [0, 0.1) is 16.7 Å². The van der Waals surface area contributed by atoms with Crippen molar-refractivity contribution in [1.82, 2.24) is 0 Å². The third-order valence-corrected chi connectivity index (χ3v) is 3.97. The molecule has 0 fully saturated rings. The number of carbonyl (C=O) groups excluding carboxylic acids is 1. The Morgan fingerprint density at radius 2 is 2.30 bits per heavy atom. The van der Waals surface area contributed by atoms with E-state index in [9.17, 15) is 9.90 Å². The molecule has 4 nitrogen and oxygen atoms in total. The number of nitrogens with zero attached hydrogens (tertiary/aromatic N) is 1. The van der Waals surface area contributed by atoms with Gasteiger partial charge >= 0.3 is 5.97 Å². The van der Waals surface area contributed by atoms with Crippen LogP contribution in [0.4, 0.5) is 0 Å². The van der Waals surface area contributed by atoms with Crippen molar-refractivity contribution in [2.24, 2.45) is 5.41 Å². The number of aliphatic hydroxyl groups is 1. The Morgan fingerprint density at radius 1 is 1.55 bits per heavy atom.